The van der Waals surface area contributed by atoms with Crippen molar-refractivity contribution >= 4 is 5.91 Å². The molecular weight excluding hydrogens is 550 g/mol. The van der Waals surface area contributed by atoms with Crippen LogP contribution >= 0.6 is 0 Å². The van der Waals surface area contributed by atoms with Gasteiger partial charge < -0.3 is 29.2 Å². The molecule has 0 spiro atoms. The van der Waals surface area contributed by atoms with Gasteiger partial charge in [0.05, 0.1) is 32.8 Å². The SMILES string of the molecule is CONC(=O)[C@H]1[C@@H](O)[C@@]2(O)c3c(OC)cc(OC)cc3O[C@@]2(c2ccc(OCc3ccccc3)cc2)[C@@H]1c1ccccc1. The highest BCUT2D eigenvalue weighted by Gasteiger charge is 2.78. The number of fused-ring (bicyclic) bond motifs is 3. The number of ether oxygens (including phenoxy) is 4. The minimum absolute atomic E-state index is 0.223. The molecule has 1 fully saturated rings. The van der Waals surface area contributed by atoms with Gasteiger partial charge in [-0.15, -0.1) is 0 Å². The Labute approximate surface area is 249 Å². The number of hydroxylamine groups is 1. The maximum Gasteiger partial charge on any atom is 0.250 e. The molecule has 0 saturated heterocycles. The molecule has 1 heterocycles. The average Bonchev–Trinajstić information content (AvgIpc) is 3.43. The van der Waals surface area contributed by atoms with Crippen molar-refractivity contribution < 1.29 is 38.8 Å². The van der Waals surface area contributed by atoms with Crippen LogP contribution < -0.4 is 24.4 Å². The standard InChI is InChI=1S/C34H33NO8/c1-39-25-18-26(40-2)30-27(19-25)43-34(23-14-16-24(17-15-23)42-20-21-10-6-4-7-11-21)29(22-12-8-5-9-13-22)28(32(37)35-41-3)31(36)33(30,34)38/h4-19,28-29,31,36,38H,20H2,1-3H3,(H,35,37)/t28-,29-,31-,33+,34+/m1/s1. The largest absolute Gasteiger partial charge is 0.496 e. The molecule has 9 heteroatoms. The molecule has 0 aromatic heterocycles. The zero-order valence-corrected chi connectivity index (χ0v) is 24.0. The van der Waals surface area contributed by atoms with Gasteiger partial charge in [-0.2, -0.15) is 0 Å². The monoisotopic (exact) mass is 583 g/mol. The molecule has 3 N–H and O–H groups in total. The number of methoxy groups -OCH3 is 2. The number of carbonyl (C=O) groups excluding carboxylic acids is 1. The van der Waals surface area contributed by atoms with E-state index in [0.29, 0.717) is 29.2 Å². The van der Waals surface area contributed by atoms with Crippen molar-refractivity contribution in [3.05, 3.63) is 119 Å². The summed E-state index contributed by atoms with van der Waals surface area (Å²) in [7, 11) is 4.29. The number of nitrogens with one attached hydrogen (secondary N) is 1. The van der Waals surface area contributed by atoms with Gasteiger partial charge in [-0.05, 0) is 28.8 Å². The first-order valence-corrected chi connectivity index (χ1v) is 13.9. The molecule has 6 rings (SSSR count). The lowest BCUT2D eigenvalue weighted by Crippen LogP contribution is -2.52. The van der Waals surface area contributed by atoms with Crippen LogP contribution in [0.5, 0.6) is 23.0 Å². The topological polar surface area (TPSA) is 116 Å². The third-order valence-corrected chi connectivity index (χ3v) is 8.47. The molecule has 0 unspecified atom stereocenters. The van der Waals surface area contributed by atoms with Gasteiger partial charge in [0.25, 0.3) is 0 Å². The molecule has 1 amide bonds. The Morgan fingerprint density at radius 2 is 1.56 bits per heavy atom. The van der Waals surface area contributed by atoms with Gasteiger partial charge in [-0.3, -0.25) is 9.63 Å². The first-order valence-electron chi connectivity index (χ1n) is 13.9. The lowest BCUT2D eigenvalue weighted by atomic mass is 9.70. The number of amides is 1. The summed E-state index contributed by atoms with van der Waals surface area (Å²) in [5, 5.41) is 25.0. The molecule has 4 aromatic rings. The van der Waals surface area contributed by atoms with Crippen LogP contribution in [-0.4, -0.2) is 43.6 Å². The van der Waals surface area contributed by atoms with Crippen LogP contribution in [-0.2, 0) is 27.4 Å². The second-order valence-electron chi connectivity index (χ2n) is 10.6. The summed E-state index contributed by atoms with van der Waals surface area (Å²) in [6, 6.07) is 29.4. The fraction of sp³-hybridized carbons (Fsp3) is 0.265. The van der Waals surface area contributed by atoms with E-state index >= 15 is 0 Å². The van der Waals surface area contributed by atoms with Crippen LogP contribution in [0.15, 0.2) is 97.1 Å². The number of rotatable bonds is 9. The third kappa shape index (κ3) is 4.39. The second kappa shape index (κ2) is 11.3. The molecule has 222 valence electrons. The number of aliphatic hydroxyl groups excluding tert-OH is 1. The van der Waals surface area contributed by atoms with Gasteiger partial charge in [-0.25, -0.2) is 5.48 Å². The minimum Gasteiger partial charge on any atom is -0.496 e. The fourth-order valence-corrected chi connectivity index (χ4v) is 6.66. The molecule has 5 atom stereocenters. The molecule has 43 heavy (non-hydrogen) atoms. The number of carbonyl (C=O) groups is 1. The summed E-state index contributed by atoms with van der Waals surface area (Å²) in [5.74, 6) is -1.09. The van der Waals surface area contributed by atoms with Crippen molar-refractivity contribution in [2.45, 2.75) is 29.8 Å². The van der Waals surface area contributed by atoms with Gasteiger partial charge >= 0.3 is 0 Å². The first-order chi connectivity index (χ1) is 20.9. The van der Waals surface area contributed by atoms with Crippen LogP contribution in [0, 0.1) is 5.92 Å². The Kier molecular flexibility index (Phi) is 7.47. The fourth-order valence-electron chi connectivity index (χ4n) is 6.66. The zero-order chi connectivity index (χ0) is 30.2. The highest BCUT2D eigenvalue weighted by atomic mass is 16.6. The Morgan fingerprint density at radius 3 is 2.19 bits per heavy atom. The van der Waals surface area contributed by atoms with Crippen LogP contribution in [0.3, 0.4) is 0 Å². The Morgan fingerprint density at radius 1 is 0.884 bits per heavy atom. The van der Waals surface area contributed by atoms with Crippen molar-refractivity contribution in [1.82, 2.24) is 5.48 Å². The molecule has 2 aliphatic rings. The number of aliphatic hydroxyl groups is 2. The van der Waals surface area contributed by atoms with E-state index in [-0.39, 0.29) is 17.1 Å². The van der Waals surface area contributed by atoms with E-state index < -0.39 is 35.0 Å². The molecule has 0 bridgehead atoms. The van der Waals surface area contributed by atoms with Crippen molar-refractivity contribution in [3.63, 3.8) is 0 Å². The lowest BCUT2D eigenvalue weighted by Gasteiger charge is -2.40. The van der Waals surface area contributed by atoms with E-state index in [4.69, 9.17) is 23.8 Å². The Bertz CT molecular complexity index is 1600. The summed E-state index contributed by atoms with van der Waals surface area (Å²) < 4.78 is 24.0. The van der Waals surface area contributed by atoms with Crippen LogP contribution in [0.2, 0.25) is 0 Å². The zero-order valence-electron chi connectivity index (χ0n) is 24.0. The average molecular weight is 584 g/mol. The van der Waals surface area contributed by atoms with Crippen molar-refractivity contribution in [2.24, 2.45) is 5.92 Å². The normalized spacial score (nSPS) is 25.3. The van der Waals surface area contributed by atoms with E-state index in [1.165, 1.54) is 21.3 Å². The van der Waals surface area contributed by atoms with Gasteiger partial charge in [0.15, 0.2) is 11.2 Å². The predicted octanol–water partition coefficient (Wildman–Crippen LogP) is 4.21. The number of benzene rings is 4. The maximum absolute atomic E-state index is 13.6. The smallest absolute Gasteiger partial charge is 0.250 e. The summed E-state index contributed by atoms with van der Waals surface area (Å²) in [6.45, 7) is 0.374. The summed E-state index contributed by atoms with van der Waals surface area (Å²) >= 11 is 0. The molecule has 1 aliphatic heterocycles. The van der Waals surface area contributed by atoms with E-state index in [1.807, 2.05) is 60.7 Å². The van der Waals surface area contributed by atoms with E-state index in [2.05, 4.69) is 5.48 Å². The van der Waals surface area contributed by atoms with Crippen molar-refractivity contribution in [3.8, 4) is 23.0 Å². The third-order valence-electron chi connectivity index (χ3n) is 8.47. The second-order valence-corrected chi connectivity index (χ2v) is 10.6. The molecule has 4 aromatic carbocycles. The number of hydrogen-bond acceptors (Lipinski definition) is 8. The van der Waals surface area contributed by atoms with E-state index in [0.717, 1.165) is 5.56 Å². The van der Waals surface area contributed by atoms with Crippen LogP contribution in [0.1, 0.15) is 28.2 Å². The van der Waals surface area contributed by atoms with Gasteiger partial charge in [0.1, 0.15) is 35.7 Å². The molecule has 1 aliphatic carbocycles. The maximum atomic E-state index is 13.6. The highest BCUT2D eigenvalue weighted by molar-refractivity contribution is 5.82. The summed E-state index contributed by atoms with van der Waals surface area (Å²) in [5.41, 5.74) is 1.00. The number of hydrogen-bond donors (Lipinski definition) is 3. The van der Waals surface area contributed by atoms with Gasteiger partial charge in [0.2, 0.25) is 5.91 Å². The van der Waals surface area contributed by atoms with Gasteiger partial charge in [-0.1, -0.05) is 72.8 Å². The quantitative estimate of drug-likeness (QED) is 0.251. The van der Waals surface area contributed by atoms with Crippen molar-refractivity contribution in [1.29, 1.82) is 0 Å². The summed E-state index contributed by atoms with van der Waals surface area (Å²) in [4.78, 5) is 18.6. The molecule has 9 nitrogen and oxygen atoms in total. The van der Waals surface area contributed by atoms with E-state index in [9.17, 15) is 15.0 Å². The molecule has 1 saturated carbocycles. The Hall–Kier alpha value is -4.57. The molecular formula is C34H33NO8. The van der Waals surface area contributed by atoms with E-state index in [1.54, 1.807) is 36.4 Å². The van der Waals surface area contributed by atoms with Crippen molar-refractivity contribution in [2.75, 3.05) is 21.3 Å². The predicted molar refractivity (Wildman–Crippen MR) is 157 cm³/mol. The first kappa shape index (κ1) is 28.5. The minimum atomic E-state index is -2.14. The van der Waals surface area contributed by atoms with Crippen LogP contribution in [0.25, 0.3) is 0 Å². The lowest BCUT2D eigenvalue weighted by molar-refractivity contribution is -0.157. The summed E-state index contributed by atoms with van der Waals surface area (Å²) in [6.07, 6.45) is -1.63. The van der Waals surface area contributed by atoms with Crippen LogP contribution in [0.4, 0.5) is 0 Å². The highest BCUT2D eigenvalue weighted by Crippen LogP contribution is 2.70. The Balaban J connectivity index is 1.55. The molecule has 0 radical (unpaired) electrons. The van der Waals surface area contributed by atoms with Gasteiger partial charge in [0, 0.05) is 18.1 Å².